The van der Waals surface area contributed by atoms with E-state index < -0.39 is 5.97 Å². The Morgan fingerprint density at radius 2 is 2.09 bits per heavy atom. The molecule has 2 rings (SSSR count). The highest BCUT2D eigenvalue weighted by molar-refractivity contribution is 7.18. The molecule has 124 valence electrons. The number of carbonyl (C=O) groups is 2. The standard InChI is InChI=1S/C15H19N3O4S/c1-9-10(2)23-14-13(9)15(22)18(8-17-14)7-3-4-11(19)16-6-5-12(20)21/h8H,3-7H2,1-2H3,(H,16,19)(H,20,21). The van der Waals surface area contributed by atoms with Crippen LogP contribution >= 0.6 is 11.3 Å². The summed E-state index contributed by atoms with van der Waals surface area (Å²) < 4.78 is 1.52. The Bertz CT molecular complexity index is 794. The number of carboxylic acids is 1. The van der Waals surface area contributed by atoms with Gasteiger partial charge in [0, 0.05) is 24.4 Å². The number of nitrogens with one attached hydrogen (secondary N) is 1. The molecular weight excluding hydrogens is 318 g/mol. The Balaban J connectivity index is 1.94. The van der Waals surface area contributed by atoms with Gasteiger partial charge in [0.2, 0.25) is 5.91 Å². The Morgan fingerprint density at radius 3 is 2.78 bits per heavy atom. The first-order valence-corrected chi connectivity index (χ1v) is 8.15. The Labute approximate surface area is 137 Å². The number of hydrogen-bond donors (Lipinski definition) is 2. The third-order valence-corrected chi connectivity index (χ3v) is 4.73. The maximum Gasteiger partial charge on any atom is 0.305 e. The first kappa shape index (κ1) is 17.1. The van der Waals surface area contributed by atoms with E-state index in [1.807, 2.05) is 13.8 Å². The van der Waals surface area contributed by atoms with Crippen LogP contribution in [0, 0.1) is 13.8 Å². The number of aliphatic carboxylic acids is 1. The van der Waals surface area contributed by atoms with Gasteiger partial charge in [0.05, 0.1) is 18.1 Å². The number of nitrogens with zero attached hydrogens (tertiary/aromatic N) is 2. The highest BCUT2D eigenvalue weighted by Crippen LogP contribution is 2.25. The van der Waals surface area contributed by atoms with E-state index in [1.165, 1.54) is 22.2 Å². The monoisotopic (exact) mass is 337 g/mol. The molecule has 2 aromatic rings. The SMILES string of the molecule is Cc1sc2ncn(CCCC(=O)NCCC(=O)O)c(=O)c2c1C. The number of hydrogen-bond acceptors (Lipinski definition) is 5. The van der Waals surface area contributed by atoms with Crippen molar-refractivity contribution in [3.05, 3.63) is 27.1 Å². The lowest BCUT2D eigenvalue weighted by Gasteiger charge is -2.06. The number of amides is 1. The molecule has 2 heterocycles. The van der Waals surface area contributed by atoms with Gasteiger partial charge < -0.3 is 10.4 Å². The van der Waals surface area contributed by atoms with Crippen LogP contribution in [0.2, 0.25) is 0 Å². The fourth-order valence-corrected chi connectivity index (χ4v) is 3.22. The molecule has 0 spiro atoms. The second-order valence-corrected chi connectivity index (χ2v) is 6.51. The van der Waals surface area contributed by atoms with Crippen LogP contribution in [0.4, 0.5) is 0 Å². The van der Waals surface area contributed by atoms with Crippen LogP contribution in [0.1, 0.15) is 29.7 Å². The Kier molecular flexibility index (Phi) is 5.49. The topological polar surface area (TPSA) is 101 Å². The highest BCUT2D eigenvalue weighted by atomic mass is 32.1. The van der Waals surface area contributed by atoms with E-state index in [2.05, 4.69) is 10.3 Å². The van der Waals surface area contributed by atoms with Gasteiger partial charge in [-0.1, -0.05) is 0 Å². The molecule has 0 fully saturated rings. The van der Waals surface area contributed by atoms with Crippen molar-refractivity contribution in [3.63, 3.8) is 0 Å². The summed E-state index contributed by atoms with van der Waals surface area (Å²) in [5.41, 5.74) is 0.881. The number of aromatic nitrogens is 2. The molecule has 7 nitrogen and oxygen atoms in total. The fraction of sp³-hybridized carbons (Fsp3) is 0.467. The summed E-state index contributed by atoms with van der Waals surface area (Å²) in [7, 11) is 0. The Hall–Kier alpha value is -2.22. The van der Waals surface area contributed by atoms with Gasteiger partial charge in [-0.05, 0) is 25.8 Å². The second-order valence-electron chi connectivity index (χ2n) is 5.30. The van der Waals surface area contributed by atoms with Gasteiger partial charge in [-0.15, -0.1) is 11.3 Å². The number of thiophene rings is 1. The zero-order valence-electron chi connectivity index (χ0n) is 13.1. The van der Waals surface area contributed by atoms with Gasteiger partial charge in [0.1, 0.15) is 4.83 Å². The average Bonchev–Trinajstić information content (AvgIpc) is 2.77. The first-order valence-electron chi connectivity index (χ1n) is 7.33. The van der Waals surface area contributed by atoms with E-state index in [1.54, 1.807) is 0 Å². The van der Waals surface area contributed by atoms with Crippen molar-refractivity contribution >= 4 is 33.4 Å². The lowest BCUT2D eigenvalue weighted by Crippen LogP contribution is -2.27. The van der Waals surface area contributed by atoms with Gasteiger partial charge in [0.15, 0.2) is 0 Å². The third-order valence-electron chi connectivity index (χ3n) is 3.62. The fourth-order valence-electron chi connectivity index (χ4n) is 2.24. The molecule has 0 saturated heterocycles. The van der Waals surface area contributed by atoms with E-state index >= 15 is 0 Å². The molecule has 0 aliphatic heterocycles. The summed E-state index contributed by atoms with van der Waals surface area (Å²) in [5.74, 6) is -1.16. The molecule has 0 saturated carbocycles. The van der Waals surface area contributed by atoms with Crippen molar-refractivity contribution in [2.24, 2.45) is 0 Å². The van der Waals surface area contributed by atoms with Crippen molar-refractivity contribution in [3.8, 4) is 0 Å². The van der Waals surface area contributed by atoms with Gasteiger partial charge in [-0.25, -0.2) is 4.98 Å². The number of aryl methyl sites for hydroxylation is 3. The van der Waals surface area contributed by atoms with Crippen LogP contribution in [0.3, 0.4) is 0 Å². The van der Waals surface area contributed by atoms with E-state index in [-0.39, 0.29) is 30.9 Å². The van der Waals surface area contributed by atoms with Crippen molar-refractivity contribution < 1.29 is 14.7 Å². The van der Waals surface area contributed by atoms with Crippen LogP contribution in [-0.4, -0.2) is 33.1 Å². The van der Waals surface area contributed by atoms with Crippen LogP contribution in [-0.2, 0) is 16.1 Å². The van der Waals surface area contributed by atoms with Gasteiger partial charge in [0.25, 0.3) is 5.56 Å². The minimum atomic E-state index is -0.947. The molecule has 2 N–H and O–H groups in total. The second kappa shape index (κ2) is 7.36. The zero-order chi connectivity index (χ0) is 17.0. The van der Waals surface area contributed by atoms with Crippen molar-refractivity contribution in [1.82, 2.24) is 14.9 Å². The van der Waals surface area contributed by atoms with Crippen molar-refractivity contribution in [2.75, 3.05) is 6.54 Å². The molecule has 0 radical (unpaired) electrons. The molecular formula is C15H19N3O4S. The summed E-state index contributed by atoms with van der Waals surface area (Å²) in [5, 5.41) is 11.7. The van der Waals surface area contributed by atoms with Crippen molar-refractivity contribution in [1.29, 1.82) is 0 Å². The van der Waals surface area contributed by atoms with Crippen LogP contribution in [0.25, 0.3) is 10.2 Å². The van der Waals surface area contributed by atoms with Crippen molar-refractivity contribution in [2.45, 2.75) is 39.7 Å². The van der Waals surface area contributed by atoms with Crippen LogP contribution < -0.4 is 10.9 Å². The summed E-state index contributed by atoms with van der Waals surface area (Å²) >= 11 is 1.51. The molecule has 23 heavy (non-hydrogen) atoms. The molecule has 1 amide bonds. The number of carboxylic acid groups (broad SMARTS) is 1. The number of carbonyl (C=O) groups excluding carboxylic acids is 1. The summed E-state index contributed by atoms with van der Waals surface area (Å²) in [6.45, 7) is 4.40. The average molecular weight is 337 g/mol. The first-order chi connectivity index (χ1) is 10.9. The Morgan fingerprint density at radius 1 is 1.35 bits per heavy atom. The number of rotatable bonds is 7. The highest BCUT2D eigenvalue weighted by Gasteiger charge is 2.12. The van der Waals surface area contributed by atoms with Gasteiger partial charge in [-0.3, -0.25) is 19.0 Å². The van der Waals surface area contributed by atoms with E-state index in [4.69, 9.17) is 5.11 Å². The maximum absolute atomic E-state index is 12.4. The summed E-state index contributed by atoms with van der Waals surface area (Å²) in [4.78, 5) is 40.5. The number of fused-ring (bicyclic) bond motifs is 1. The molecule has 0 atom stereocenters. The quantitative estimate of drug-likeness (QED) is 0.796. The largest absolute Gasteiger partial charge is 0.481 e. The van der Waals surface area contributed by atoms with Crippen LogP contribution in [0.5, 0.6) is 0 Å². The van der Waals surface area contributed by atoms with Crippen LogP contribution in [0.15, 0.2) is 11.1 Å². The molecule has 0 aromatic carbocycles. The lowest BCUT2D eigenvalue weighted by atomic mass is 10.2. The molecule has 0 unspecified atom stereocenters. The lowest BCUT2D eigenvalue weighted by molar-refractivity contribution is -0.136. The third kappa shape index (κ3) is 4.16. The van der Waals surface area contributed by atoms with E-state index in [0.717, 1.165) is 15.3 Å². The van der Waals surface area contributed by atoms with E-state index in [9.17, 15) is 14.4 Å². The molecule has 0 aliphatic rings. The minimum Gasteiger partial charge on any atom is -0.481 e. The minimum absolute atomic E-state index is 0.0804. The summed E-state index contributed by atoms with van der Waals surface area (Å²) in [6.07, 6.45) is 2.16. The molecule has 2 aromatic heterocycles. The summed E-state index contributed by atoms with van der Waals surface area (Å²) in [6, 6.07) is 0. The predicted octanol–water partition coefficient (Wildman–Crippen LogP) is 1.45. The predicted molar refractivity (Wildman–Crippen MR) is 87.9 cm³/mol. The van der Waals surface area contributed by atoms with Gasteiger partial charge >= 0.3 is 5.97 Å². The van der Waals surface area contributed by atoms with E-state index in [0.29, 0.717) is 18.4 Å². The smallest absolute Gasteiger partial charge is 0.305 e. The normalized spacial score (nSPS) is 10.9. The molecule has 0 aliphatic carbocycles. The maximum atomic E-state index is 12.4. The molecule has 0 bridgehead atoms. The zero-order valence-corrected chi connectivity index (χ0v) is 13.9. The van der Waals surface area contributed by atoms with Gasteiger partial charge in [-0.2, -0.15) is 0 Å². The molecule has 8 heteroatoms.